The molecule has 5 heteroatoms. The van der Waals surface area contributed by atoms with Crippen molar-refractivity contribution in [3.8, 4) is 23.0 Å². The van der Waals surface area contributed by atoms with Gasteiger partial charge in [0.05, 0.1) is 12.7 Å². The highest BCUT2D eigenvalue weighted by Gasteiger charge is 2.13. The van der Waals surface area contributed by atoms with Gasteiger partial charge in [0.2, 0.25) is 0 Å². The molecule has 0 fully saturated rings. The highest BCUT2D eigenvalue weighted by molar-refractivity contribution is 6.08. The summed E-state index contributed by atoms with van der Waals surface area (Å²) in [6, 6.07) is 29.6. The summed E-state index contributed by atoms with van der Waals surface area (Å²) in [7, 11) is 1.56. The zero-order valence-corrected chi connectivity index (χ0v) is 19.4. The van der Waals surface area contributed by atoms with E-state index in [1.165, 1.54) is 12.1 Å². The lowest BCUT2D eigenvalue weighted by atomic mass is 10.1. The third kappa shape index (κ3) is 6.51. The molecule has 0 spiro atoms. The highest BCUT2D eigenvalue weighted by Crippen LogP contribution is 2.28. The highest BCUT2D eigenvalue weighted by atomic mass is 16.5. The van der Waals surface area contributed by atoms with E-state index in [0.29, 0.717) is 41.6 Å². The number of hydrogen-bond acceptors (Lipinski definition) is 5. The molecule has 0 atom stereocenters. The maximum Gasteiger partial charge on any atom is 0.189 e. The van der Waals surface area contributed by atoms with Crippen LogP contribution in [0.1, 0.15) is 27.0 Å². The molecule has 1 N–H and O–H groups in total. The summed E-state index contributed by atoms with van der Waals surface area (Å²) >= 11 is 0. The van der Waals surface area contributed by atoms with Crippen LogP contribution in [0.3, 0.4) is 0 Å². The van der Waals surface area contributed by atoms with Crippen molar-refractivity contribution in [3.05, 3.63) is 125 Å². The second-order valence-corrected chi connectivity index (χ2v) is 7.83. The van der Waals surface area contributed by atoms with Gasteiger partial charge in [0.25, 0.3) is 0 Å². The molecule has 0 radical (unpaired) electrons. The summed E-state index contributed by atoms with van der Waals surface area (Å²) < 4.78 is 17.0. The van der Waals surface area contributed by atoms with Crippen molar-refractivity contribution in [1.29, 1.82) is 0 Å². The van der Waals surface area contributed by atoms with E-state index in [-0.39, 0.29) is 11.5 Å². The van der Waals surface area contributed by atoms with Gasteiger partial charge in [-0.1, -0.05) is 60.7 Å². The normalized spacial score (nSPS) is 10.8. The first-order valence-corrected chi connectivity index (χ1v) is 11.2. The maximum absolute atomic E-state index is 13.0. The lowest BCUT2D eigenvalue weighted by Gasteiger charge is -2.12. The molecule has 0 aliphatic heterocycles. The fraction of sp³-hybridized carbons (Fsp3) is 0.100. The number of phenols is 1. The van der Waals surface area contributed by atoms with Gasteiger partial charge in [0.1, 0.15) is 36.2 Å². The second kappa shape index (κ2) is 11.6. The van der Waals surface area contributed by atoms with Crippen LogP contribution in [0.25, 0.3) is 6.08 Å². The van der Waals surface area contributed by atoms with E-state index >= 15 is 0 Å². The van der Waals surface area contributed by atoms with E-state index in [1.807, 2.05) is 60.7 Å². The summed E-state index contributed by atoms with van der Waals surface area (Å²) in [5, 5.41) is 10.4. The molecule has 0 saturated carbocycles. The summed E-state index contributed by atoms with van der Waals surface area (Å²) in [6.45, 7) is 0.723. The lowest BCUT2D eigenvalue weighted by Crippen LogP contribution is -2.03. The Kier molecular flexibility index (Phi) is 7.81. The number of methoxy groups -OCH3 is 1. The first-order valence-electron chi connectivity index (χ1n) is 11.2. The Balaban J connectivity index is 1.45. The molecule has 4 aromatic rings. The standard InChI is InChI=1S/C30H26O5/c1-33-25-15-16-27(30(19-25)35-21-23-10-6-3-7-11-23)28(31)17-13-24-12-14-26(18-29(24)32)34-20-22-8-4-2-5-9-22/h2-19,32H,20-21H2,1H3. The van der Waals surface area contributed by atoms with Gasteiger partial charge in [0, 0.05) is 17.7 Å². The number of rotatable bonds is 10. The minimum Gasteiger partial charge on any atom is -0.507 e. The first kappa shape index (κ1) is 23.6. The van der Waals surface area contributed by atoms with Gasteiger partial charge in [-0.15, -0.1) is 0 Å². The summed E-state index contributed by atoms with van der Waals surface area (Å²) in [6.07, 6.45) is 2.99. The van der Waals surface area contributed by atoms with Crippen LogP contribution in [0.5, 0.6) is 23.0 Å². The van der Waals surface area contributed by atoms with E-state index in [9.17, 15) is 9.90 Å². The molecule has 0 unspecified atom stereocenters. The monoisotopic (exact) mass is 466 g/mol. The quantitative estimate of drug-likeness (QED) is 0.215. The number of phenolic OH excluding ortho intramolecular Hbond substituents is 1. The number of ketones is 1. The van der Waals surface area contributed by atoms with Crippen molar-refractivity contribution in [2.45, 2.75) is 13.2 Å². The zero-order chi connectivity index (χ0) is 24.5. The van der Waals surface area contributed by atoms with E-state index < -0.39 is 0 Å². The van der Waals surface area contributed by atoms with E-state index in [0.717, 1.165) is 11.1 Å². The smallest absolute Gasteiger partial charge is 0.189 e. The van der Waals surface area contributed by atoms with Crippen molar-refractivity contribution >= 4 is 11.9 Å². The van der Waals surface area contributed by atoms with Crippen LogP contribution >= 0.6 is 0 Å². The van der Waals surface area contributed by atoms with Gasteiger partial charge in [0.15, 0.2) is 5.78 Å². The van der Waals surface area contributed by atoms with Gasteiger partial charge < -0.3 is 19.3 Å². The van der Waals surface area contributed by atoms with Gasteiger partial charge >= 0.3 is 0 Å². The Hall–Kier alpha value is -4.51. The van der Waals surface area contributed by atoms with Gasteiger partial charge in [-0.05, 0) is 47.5 Å². The third-order valence-electron chi connectivity index (χ3n) is 5.36. The number of carbonyl (C=O) groups excluding carboxylic acids is 1. The van der Waals surface area contributed by atoms with Crippen LogP contribution in [-0.4, -0.2) is 18.0 Å². The molecule has 4 aromatic carbocycles. The molecular formula is C30H26O5. The fourth-order valence-electron chi connectivity index (χ4n) is 3.44. The van der Waals surface area contributed by atoms with Crippen LogP contribution in [0.4, 0.5) is 0 Å². The van der Waals surface area contributed by atoms with Crippen LogP contribution in [0.2, 0.25) is 0 Å². The maximum atomic E-state index is 13.0. The molecule has 0 aromatic heterocycles. The molecule has 176 valence electrons. The Morgan fingerprint density at radius 1 is 0.771 bits per heavy atom. The van der Waals surface area contributed by atoms with Crippen molar-refractivity contribution in [2.24, 2.45) is 0 Å². The number of hydrogen-bond donors (Lipinski definition) is 1. The average molecular weight is 467 g/mol. The van der Waals surface area contributed by atoms with Crippen molar-refractivity contribution < 1.29 is 24.1 Å². The molecule has 0 aliphatic rings. The van der Waals surface area contributed by atoms with Crippen LogP contribution < -0.4 is 14.2 Å². The molecular weight excluding hydrogens is 440 g/mol. The van der Waals surface area contributed by atoms with Gasteiger partial charge in [-0.3, -0.25) is 4.79 Å². The van der Waals surface area contributed by atoms with Crippen LogP contribution in [0.15, 0.2) is 103 Å². The number of allylic oxidation sites excluding steroid dienone is 1. The molecule has 0 amide bonds. The molecule has 0 aliphatic carbocycles. The minimum absolute atomic E-state index is 0.0230. The summed E-state index contributed by atoms with van der Waals surface area (Å²) in [5.74, 6) is 1.34. The summed E-state index contributed by atoms with van der Waals surface area (Å²) in [5.41, 5.74) is 2.93. The fourth-order valence-corrected chi connectivity index (χ4v) is 3.44. The topological polar surface area (TPSA) is 65.0 Å². The SMILES string of the molecule is COc1ccc(C(=O)C=Cc2ccc(OCc3ccccc3)cc2O)c(OCc2ccccc2)c1. The lowest BCUT2D eigenvalue weighted by molar-refractivity contribution is 0.104. The van der Waals surface area contributed by atoms with Gasteiger partial charge in [-0.25, -0.2) is 0 Å². The van der Waals surface area contributed by atoms with Crippen molar-refractivity contribution in [3.63, 3.8) is 0 Å². The number of carbonyl (C=O) groups is 1. The molecule has 0 saturated heterocycles. The molecule has 0 heterocycles. The summed E-state index contributed by atoms with van der Waals surface area (Å²) in [4.78, 5) is 13.0. The largest absolute Gasteiger partial charge is 0.507 e. The molecule has 35 heavy (non-hydrogen) atoms. The Bertz CT molecular complexity index is 1300. The minimum atomic E-state index is -0.250. The molecule has 0 bridgehead atoms. The van der Waals surface area contributed by atoms with Crippen molar-refractivity contribution in [2.75, 3.05) is 7.11 Å². The molecule has 5 nitrogen and oxygen atoms in total. The van der Waals surface area contributed by atoms with E-state index in [2.05, 4.69) is 0 Å². The third-order valence-corrected chi connectivity index (χ3v) is 5.36. The predicted octanol–water partition coefficient (Wildman–Crippen LogP) is 6.45. The van der Waals surface area contributed by atoms with Crippen LogP contribution in [-0.2, 0) is 13.2 Å². The number of benzene rings is 4. The number of ether oxygens (including phenoxy) is 3. The number of aromatic hydroxyl groups is 1. The Morgan fingerprint density at radius 2 is 1.40 bits per heavy atom. The second-order valence-electron chi connectivity index (χ2n) is 7.83. The predicted molar refractivity (Wildman–Crippen MR) is 136 cm³/mol. The average Bonchev–Trinajstić information content (AvgIpc) is 2.91. The first-order chi connectivity index (χ1) is 17.1. The van der Waals surface area contributed by atoms with Gasteiger partial charge in [-0.2, -0.15) is 0 Å². The van der Waals surface area contributed by atoms with Crippen molar-refractivity contribution in [1.82, 2.24) is 0 Å². The van der Waals surface area contributed by atoms with E-state index in [4.69, 9.17) is 14.2 Å². The zero-order valence-electron chi connectivity index (χ0n) is 19.4. The Labute approximate surface area is 204 Å². The Morgan fingerprint density at radius 3 is 2.03 bits per heavy atom. The molecule has 4 rings (SSSR count). The van der Waals surface area contributed by atoms with Crippen LogP contribution in [0, 0.1) is 0 Å². The van der Waals surface area contributed by atoms with E-state index in [1.54, 1.807) is 43.5 Å².